The van der Waals surface area contributed by atoms with Crippen molar-refractivity contribution in [2.75, 3.05) is 0 Å². The lowest BCUT2D eigenvalue weighted by Gasteiger charge is -2.07. The molecule has 0 aliphatic rings. The smallest absolute Gasteiger partial charge is 0.0370 e. The molecule has 0 aromatic carbocycles. The summed E-state index contributed by atoms with van der Waals surface area (Å²) in [6.45, 7) is 13.6. The summed E-state index contributed by atoms with van der Waals surface area (Å²) in [4.78, 5) is 0. The van der Waals surface area contributed by atoms with Crippen molar-refractivity contribution in [2.24, 2.45) is 5.73 Å². The Hall–Kier alpha value is -0.980. The molecule has 0 aromatic rings. The van der Waals surface area contributed by atoms with Crippen LogP contribution in [0.25, 0.3) is 0 Å². The fourth-order valence-electron chi connectivity index (χ4n) is 0.776. The third-order valence-electron chi connectivity index (χ3n) is 1.82. The second-order valence-electron chi connectivity index (χ2n) is 2.78. The van der Waals surface area contributed by atoms with E-state index >= 15 is 0 Å². The highest BCUT2D eigenvalue weighted by atomic mass is 14.6. The molecular formula is C10H17N. The zero-order valence-corrected chi connectivity index (χ0v) is 7.70. The van der Waals surface area contributed by atoms with Crippen LogP contribution in [0, 0.1) is 0 Å². The van der Waals surface area contributed by atoms with Gasteiger partial charge in [0.15, 0.2) is 0 Å². The van der Waals surface area contributed by atoms with Crippen molar-refractivity contribution in [3.63, 3.8) is 0 Å². The maximum absolute atomic E-state index is 5.76. The van der Waals surface area contributed by atoms with E-state index in [0.29, 0.717) is 0 Å². The van der Waals surface area contributed by atoms with Crippen LogP contribution in [0.1, 0.15) is 27.2 Å². The van der Waals surface area contributed by atoms with Gasteiger partial charge in [-0.2, -0.15) is 0 Å². The molecular weight excluding hydrogens is 134 g/mol. The Morgan fingerprint density at radius 3 is 2.00 bits per heavy atom. The van der Waals surface area contributed by atoms with Crippen molar-refractivity contribution in [3.8, 4) is 0 Å². The molecule has 0 heterocycles. The summed E-state index contributed by atoms with van der Waals surface area (Å²) in [6.07, 6.45) is 0.944. The van der Waals surface area contributed by atoms with E-state index in [0.717, 1.165) is 28.8 Å². The molecule has 0 aromatic heterocycles. The molecule has 0 spiro atoms. The summed E-state index contributed by atoms with van der Waals surface area (Å²) in [7, 11) is 0. The first kappa shape index (κ1) is 10.0. The minimum Gasteiger partial charge on any atom is -0.398 e. The van der Waals surface area contributed by atoms with E-state index in [9.17, 15) is 0 Å². The normalized spacial score (nSPS) is 12.3. The summed E-state index contributed by atoms with van der Waals surface area (Å²) in [5.41, 5.74) is 9.60. The fourth-order valence-corrected chi connectivity index (χ4v) is 0.776. The van der Waals surface area contributed by atoms with Gasteiger partial charge in [0.25, 0.3) is 0 Å². The maximum Gasteiger partial charge on any atom is 0.0370 e. The summed E-state index contributed by atoms with van der Waals surface area (Å²) in [5.74, 6) is 0. The maximum atomic E-state index is 5.76. The summed E-state index contributed by atoms with van der Waals surface area (Å²) < 4.78 is 0. The third-order valence-corrected chi connectivity index (χ3v) is 1.82. The minimum atomic E-state index is 0.775. The first-order chi connectivity index (χ1) is 5.00. The molecule has 0 amide bonds. The molecule has 0 saturated carbocycles. The zero-order valence-electron chi connectivity index (χ0n) is 7.70. The molecule has 0 aliphatic carbocycles. The van der Waals surface area contributed by atoms with Crippen LogP contribution < -0.4 is 5.73 Å². The monoisotopic (exact) mass is 151 g/mol. The molecule has 0 aliphatic heterocycles. The average Bonchev–Trinajstić information content (AvgIpc) is 2.00. The van der Waals surface area contributed by atoms with Gasteiger partial charge in [0.05, 0.1) is 0 Å². The SMILES string of the molecule is C=C(CC)/C(C)=C(/N)C(=C)C. The van der Waals surface area contributed by atoms with Gasteiger partial charge in [-0.05, 0) is 31.4 Å². The average molecular weight is 151 g/mol. The van der Waals surface area contributed by atoms with Crippen LogP contribution >= 0.6 is 0 Å². The molecule has 0 atom stereocenters. The van der Waals surface area contributed by atoms with E-state index in [-0.39, 0.29) is 0 Å². The predicted octanol–water partition coefficient (Wildman–Crippen LogP) is 2.76. The quantitative estimate of drug-likeness (QED) is 0.617. The van der Waals surface area contributed by atoms with Crippen molar-refractivity contribution in [1.82, 2.24) is 0 Å². The fraction of sp³-hybridized carbons (Fsp3) is 0.400. The van der Waals surface area contributed by atoms with Gasteiger partial charge in [0, 0.05) is 5.70 Å². The molecule has 2 N–H and O–H groups in total. The van der Waals surface area contributed by atoms with E-state index in [2.05, 4.69) is 20.1 Å². The van der Waals surface area contributed by atoms with Crippen LogP contribution in [0.15, 0.2) is 35.6 Å². The largest absolute Gasteiger partial charge is 0.398 e. The number of rotatable bonds is 3. The van der Waals surface area contributed by atoms with Crippen LogP contribution in [0.3, 0.4) is 0 Å². The second-order valence-corrected chi connectivity index (χ2v) is 2.78. The van der Waals surface area contributed by atoms with E-state index in [1.165, 1.54) is 0 Å². The van der Waals surface area contributed by atoms with E-state index < -0.39 is 0 Å². The van der Waals surface area contributed by atoms with E-state index in [4.69, 9.17) is 5.73 Å². The number of hydrogen-bond donors (Lipinski definition) is 1. The van der Waals surface area contributed by atoms with Gasteiger partial charge < -0.3 is 5.73 Å². The Kier molecular flexibility index (Phi) is 3.66. The third kappa shape index (κ3) is 2.62. The molecule has 11 heavy (non-hydrogen) atoms. The van der Waals surface area contributed by atoms with Crippen molar-refractivity contribution in [2.45, 2.75) is 27.2 Å². The molecule has 62 valence electrons. The Bertz CT molecular complexity index is 209. The first-order valence-electron chi connectivity index (χ1n) is 3.81. The summed E-state index contributed by atoms with van der Waals surface area (Å²) >= 11 is 0. The minimum absolute atomic E-state index is 0.775. The Morgan fingerprint density at radius 2 is 1.73 bits per heavy atom. The molecule has 0 rings (SSSR count). The molecule has 0 radical (unpaired) electrons. The Morgan fingerprint density at radius 1 is 1.27 bits per heavy atom. The number of hydrogen-bond acceptors (Lipinski definition) is 1. The van der Waals surface area contributed by atoms with Crippen LogP contribution in [0.4, 0.5) is 0 Å². The lowest BCUT2D eigenvalue weighted by Crippen LogP contribution is -2.02. The Labute approximate surface area is 69.3 Å². The van der Waals surface area contributed by atoms with Gasteiger partial charge in [0.1, 0.15) is 0 Å². The lowest BCUT2D eigenvalue weighted by atomic mass is 10.0. The lowest BCUT2D eigenvalue weighted by molar-refractivity contribution is 1.08. The molecule has 0 unspecified atom stereocenters. The number of nitrogens with two attached hydrogens (primary N) is 1. The highest BCUT2D eigenvalue weighted by Gasteiger charge is 2.00. The van der Waals surface area contributed by atoms with Gasteiger partial charge in [-0.1, -0.05) is 25.7 Å². The highest BCUT2D eigenvalue weighted by Crippen LogP contribution is 2.16. The second kappa shape index (κ2) is 4.02. The van der Waals surface area contributed by atoms with Crippen LogP contribution in [0.5, 0.6) is 0 Å². The summed E-state index contributed by atoms with van der Waals surface area (Å²) in [6, 6.07) is 0. The molecule has 1 heteroatoms. The number of allylic oxidation sites excluding steroid dienone is 3. The predicted molar refractivity (Wildman–Crippen MR) is 51.1 cm³/mol. The van der Waals surface area contributed by atoms with Gasteiger partial charge in [0.2, 0.25) is 0 Å². The summed E-state index contributed by atoms with van der Waals surface area (Å²) in [5, 5.41) is 0. The van der Waals surface area contributed by atoms with Crippen molar-refractivity contribution in [1.29, 1.82) is 0 Å². The van der Waals surface area contributed by atoms with Crippen molar-refractivity contribution in [3.05, 3.63) is 35.6 Å². The van der Waals surface area contributed by atoms with E-state index in [1.807, 2.05) is 13.8 Å². The van der Waals surface area contributed by atoms with Gasteiger partial charge in [-0.25, -0.2) is 0 Å². The standard InChI is InChI=1S/C10H17N/c1-6-8(4)9(5)10(11)7(2)3/h2,4,6,11H2,1,3,5H3/b10-9+. The van der Waals surface area contributed by atoms with Crippen molar-refractivity contribution < 1.29 is 0 Å². The van der Waals surface area contributed by atoms with Gasteiger partial charge >= 0.3 is 0 Å². The zero-order chi connectivity index (χ0) is 9.02. The molecule has 0 bridgehead atoms. The first-order valence-corrected chi connectivity index (χ1v) is 3.81. The van der Waals surface area contributed by atoms with Gasteiger partial charge in [-0.15, -0.1) is 0 Å². The topological polar surface area (TPSA) is 26.0 Å². The molecule has 0 saturated heterocycles. The van der Waals surface area contributed by atoms with Crippen LogP contribution in [-0.4, -0.2) is 0 Å². The molecule has 1 nitrogen and oxygen atoms in total. The van der Waals surface area contributed by atoms with E-state index in [1.54, 1.807) is 0 Å². The highest BCUT2D eigenvalue weighted by molar-refractivity contribution is 5.38. The molecule has 0 fully saturated rings. The van der Waals surface area contributed by atoms with Gasteiger partial charge in [-0.3, -0.25) is 0 Å². The Balaban J connectivity index is 4.66. The van der Waals surface area contributed by atoms with Crippen LogP contribution in [-0.2, 0) is 0 Å². The van der Waals surface area contributed by atoms with Crippen LogP contribution in [0.2, 0.25) is 0 Å². The van der Waals surface area contributed by atoms with Crippen molar-refractivity contribution >= 4 is 0 Å².